The van der Waals surface area contributed by atoms with Crippen molar-refractivity contribution < 1.29 is 14.6 Å². The van der Waals surface area contributed by atoms with E-state index in [4.69, 9.17) is 9.47 Å². The normalized spacial score (nSPS) is 25.7. The van der Waals surface area contributed by atoms with Crippen LogP contribution in [0.2, 0.25) is 0 Å². The van der Waals surface area contributed by atoms with Crippen molar-refractivity contribution in [3.63, 3.8) is 0 Å². The van der Waals surface area contributed by atoms with Crippen molar-refractivity contribution in [3.8, 4) is 17.2 Å². The maximum Gasteiger partial charge on any atom is 0.200 e. The molecule has 4 heteroatoms. The first-order valence-corrected chi connectivity index (χ1v) is 7.24. The van der Waals surface area contributed by atoms with Gasteiger partial charge in [0.1, 0.15) is 0 Å². The SMILES string of the molecule is COc1cc(CNC2CCC(C)C2C)cc(OC)c1O. The summed E-state index contributed by atoms with van der Waals surface area (Å²) in [5, 5.41) is 13.5. The number of methoxy groups -OCH3 is 2. The quantitative estimate of drug-likeness (QED) is 0.870. The van der Waals surface area contributed by atoms with Gasteiger partial charge in [0.25, 0.3) is 0 Å². The van der Waals surface area contributed by atoms with Crippen LogP contribution in [0.4, 0.5) is 0 Å². The Morgan fingerprint density at radius 2 is 1.75 bits per heavy atom. The van der Waals surface area contributed by atoms with Crippen molar-refractivity contribution in [1.82, 2.24) is 5.32 Å². The molecular formula is C16H25NO3. The van der Waals surface area contributed by atoms with E-state index in [1.165, 1.54) is 12.8 Å². The maximum absolute atomic E-state index is 9.90. The molecule has 20 heavy (non-hydrogen) atoms. The molecule has 0 aliphatic heterocycles. The van der Waals surface area contributed by atoms with Gasteiger partial charge >= 0.3 is 0 Å². The highest BCUT2D eigenvalue weighted by Gasteiger charge is 2.29. The van der Waals surface area contributed by atoms with E-state index in [-0.39, 0.29) is 5.75 Å². The third kappa shape index (κ3) is 3.01. The van der Waals surface area contributed by atoms with Gasteiger partial charge in [0, 0.05) is 12.6 Å². The number of hydrogen-bond acceptors (Lipinski definition) is 4. The molecule has 1 aromatic carbocycles. The van der Waals surface area contributed by atoms with E-state index >= 15 is 0 Å². The number of phenols is 1. The highest BCUT2D eigenvalue weighted by atomic mass is 16.5. The molecule has 0 aromatic heterocycles. The Morgan fingerprint density at radius 3 is 2.20 bits per heavy atom. The minimum Gasteiger partial charge on any atom is -0.502 e. The van der Waals surface area contributed by atoms with E-state index in [0.29, 0.717) is 23.5 Å². The zero-order valence-electron chi connectivity index (χ0n) is 12.8. The van der Waals surface area contributed by atoms with E-state index < -0.39 is 0 Å². The summed E-state index contributed by atoms with van der Waals surface area (Å²) in [5.41, 5.74) is 1.06. The first kappa shape index (κ1) is 15.0. The fourth-order valence-electron chi connectivity index (χ4n) is 2.95. The van der Waals surface area contributed by atoms with Crippen molar-refractivity contribution in [2.45, 2.75) is 39.3 Å². The number of benzene rings is 1. The average Bonchev–Trinajstić information content (AvgIpc) is 2.77. The van der Waals surface area contributed by atoms with Crippen molar-refractivity contribution in [2.24, 2.45) is 11.8 Å². The molecule has 4 nitrogen and oxygen atoms in total. The Bertz CT molecular complexity index is 436. The van der Waals surface area contributed by atoms with Gasteiger partial charge in [0.2, 0.25) is 5.75 Å². The van der Waals surface area contributed by atoms with Gasteiger partial charge in [-0.25, -0.2) is 0 Å². The van der Waals surface area contributed by atoms with E-state index in [2.05, 4.69) is 19.2 Å². The fraction of sp³-hybridized carbons (Fsp3) is 0.625. The van der Waals surface area contributed by atoms with Crippen LogP contribution in [0.25, 0.3) is 0 Å². The molecule has 1 aliphatic carbocycles. The summed E-state index contributed by atoms with van der Waals surface area (Å²) in [6.07, 6.45) is 2.52. The van der Waals surface area contributed by atoms with Crippen LogP contribution < -0.4 is 14.8 Å². The van der Waals surface area contributed by atoms with Crippen molar-refractivity contribution in [1.29, 1.82) is 0 Å². The summed E-state index contributed by atoms with van der Waals surface area (Å²) in [5.74, 6) is 2.46. The summed E-state index contributed by atoms with van der Waals surface area (Å²) >= 11 is 0. The van der Waals surface area contributed by atoms with Gasteiger partial charge in [0.05, 0.1) is 14.2 Å². The van der Waals surface area contributed by atoms with Gasteiger partial charge in [-0.1, -0.05) is 13.8 Å². The minimum atomic E-state index is 0.0570. The summed E-state index contributed by atoms with van der Waals surface area (Å²) in [6.45, 7) is 5.39. The van der Waals surface area contributed by atoms with E-state index in [1.807, 2.05) is 12.1 Å². The molecule has 3 unspecified atom stereocenters. The summed E-state index contributed by atoms with van der Waals surface area (Å²) < 4.78 is 10.4. The Balaban J connectivity index is 2.06. The van der Waals surface area contributed by atoms with Crippen molar-refractivity contribution in [3.05, 3.63) is 17.7 Å². The first-order valence-electron chi connectivity index (χ1n) is 7.24. The predicted octanol–water partition coefficient (Wildman–Crippen LogP) is 2.93. The van der Waals surface area contributed by atoms with Crippen LogP contribution in [0.15, 0.2) is 12.1 Å². The number of aromatic hydroxyl groups is 1. The third-order valence-electron chi connectivity index (χ3n) is 4.57. The zero-order valence-corrected chi connectivity index (χ0v) is 12.8. The lowest BCUT2D eigenvalue weighted by molar-refractivity contribution is 0.337. The van der Waals surface area contributed by atoms with Gasteiger partial charge < -0.3 is 19.9 Å². The Hall–Kier alpha value is -1.42. The summed E-state index contributed by atoms with van der Waals surface area (Å²) in [7, 11) is 3.10. The van der Waals surface area contributed by atoms with E-state index in [0.717, 1.165) is 18.0 Å². The molecule has 3 atom stereocenters. The lowest BCUT2D eigenvalue weighted by Gasteiger charge is -2.20. The lowest BCUT2D eigenvalue weighted by Crippen LogP contribution is -2.31. The molecule has 1 aromatic rings. The number of ether oxygens (including phenoxy) is 2. The molecule has 1 fully saturated rings. The van der Waals surface area contributed by atoms with Gasteiger partial charge in [0.15, 0.2) is 11.5 Å². The van der Waals surface area contributed by atoms with Gasteiger partial charge in [-0.2, -0.15) is 0 Å². The van der Waals surface area contributed by atoms with Crippen molar-refractivity contribution in [2.75, 3.05) is 14.2 Å². The van der Waals surface area contributed by atoms with Crippen LogP contribution in [-0.4, -0.2) is 25.4 Å². The van der Waals surface area contributed by atoms with Crippen LogP contribution in [0.5, 0.6) is 17.2 Å². The largest absolute Gasteiger partial charge is 0.502 e. The molecule has 0 saturated heterocycles. The second kappa shape index (κ2) is 6.35. The molecule has 0 spiro atoms. The van der Waals surface area contributed by atoms with E-state index in [1.54, 1.807) is 14.2 Å². The maximum atomic E-state index is 9.90. The van der Waals surface area contributed by atoms with Crippen LogP contribution in [0.1, 0.15) is 32.3 Å². The van der Waals surface area contributed by atoms with Crippen LogP contribution in [0.3, 0.4) is 0 Å². The number of rotatable bonds is 5. The molecule has 0 amide bonds. The average molecular weight is 279 g/mol. The van der Waals surface area contributed by atoms with Crippen LogP contribution in [0, 0.1) is 11.8 Å². The molecule has 112 valence electrons. The second-order valence-electron chi connectivity index (χ2n) is 5.75. The zero-order chi connectivity index (χ0) is 14.7. The highest BCUT2D eigenvalue weighted by Crippen LogP contribution is 2.37. The van der Waals surface area contributed by atoms with Crippen LogP contribution >= 0.6 is 0 Å². The molecular weight excluding hydrogens is 254 g/mol. The van der Waals surface area contributed by atoms with Crippen molar-refractivity contribution >= 4 is 0 Å². The van der Waals surface area contributed by atoms with Crippen LogP contribution in [-0.2, 0) is 6.54 Å². The number of nitrogens with one attached hydrogen (secondary N) is 1. The molecule has 2 N–H and O–H groups in total. The number of hydrogen-bond donors (Lipinski definition) is 2. The lowest BCUT2D eigenvalue weighted by atomic mass is 9.97. The number of phenolic OH excluding ortho intramolecular Hbond substituents is 1. The van der Waals surface area contributed by atoms with Gasteiger partial charge in [-0.3, -0.25) is 0 Å². The molecule has 2 rings (SSSR count). The summed E-state index contributed by atoms with van der Waals surface area (Å²) in [4.78, 5) is 0. The molecule has 0 heterocycles. The standard InChI is InChI=1S/C16H25NO3/c1-10-5-6-13(11(10)2)17-9-12-7-14(19-3)16(18)15(8-12)20-4/h7-8,10-11,13,17-18H,5-6,9H2,1-4H3. The minimum absolute atomic E-state index is 0.0570. The third-order valence-corrected chi connectivity index (χ3v) is 4.57. The molecule has 1 saturated carbocycles. The second-order valence-corrected chi connectivity index (χ2v) is 5.75. The first-order chi connectivity index (χ1) is 9.56. The Morgan fingerprint density at radius 1 is 1.15 bits per heavy atom. The van der Waals surface area contributed by atoms with Gasteiger partial charge in [-0.05, 0) is 42.4 Å². The van der Waals surface area contributed by atoms with Gasteiger partial charge in [-0.15, -0.1) is 0 Å². The molecule has 1 aliphatic rings. The Kier molecular flexibility index (Phi) is 4.76. The fourth-order valence-corrected chi connectivity index (χ4v) is 2.95. The molecule has 0 bridgehead atoms. The topological polar surface area (TPSA) is 50.7 Å². The Labute approximate surface area is 121 Å². The highest BCUT2D eigenvalue weighted by molar-refractivity contribution is 5.52. The smallest absolute Gasteiger partial charge is 0.200 e. The van der Waals surface area contributed by atoms with E-state index in [9.17, 15) is 5.11 Å². The monoisotopic (exact) mass is 279 g/mol. The molecule has 0 radical (unpaired) electrons. The predicted molar refractivity (Wildman–Crippen MR) is 79.4 cm³/mol. The summed E-state index contributed by atoms with van der Waals surface area (Å²) in [6, 6.07) is 4.28.